The van der Waals surface area contributed by atoms with Crippen LogP contribution in [0.3, 0.4) is 0 Å². The smallest absolute Gasteiger partial charge is 0.306 e. The van der Waals surface area contributed by atoms with Gasteiger partial charge in [0.05, 0.1) is 16.8 Å². The number of benzene rings is 1. The summed E-state index contributed by atoms with van der Waals surface area (Å²) < 4.78 is 5.02. The van der Waals surface area contributed by atoms with E-state index >= 15 is 0 Å². The second-order valence-corrected chi connectivity index (χ2v) is 7.18. The summed E-state index contributed by atoms with van der Waals surface area (Å²) in [5, 5.41) is 0. The first-order valence-electron chi connectivity index (χ1n) is 9.56. The molecule has 2 amide bonds. The van der Waals surface area contributed by atoms with Crippen molar-refractivity contribution in [1.82, 2.24) is 9.88 Å². The van der Waals surface area contributed by atoms with Crippen LogP contribution in [0, 0.1) is 13.8 Å². The molecule has 0 aliphatic carbocycles. The molecule has 3 rings (SSSR count). The Hall–Kier alpha value is -3.55. The van der Waals surface area contributed by atoms with Crippen LogP contribution in [-0.2, 0) is 9.53 Å². The first-order valence-corrected chi connectivity index (χ1v) is 9.56. The molecule has 1 aliphatic rings. The zero-order valence-corrected chi connectivity index (χ0v) is 17.0. The molecule has 1 aliphatic heterocycles. The van der Waals surface area contributed by atoms with Gasteiger partial charge in [0, 0.05) is 24.2 Å². The number of nitrogens with one attached hydrogen (secondary N) is 1. The maximum atomic E-state index is 12.3. The summed E-state index contributed by atoms with van der Waals surface area (Å²) in [5.74, 6) is -1.94. The summed E-state index contributed by atoms with van der Waals surface area (Å²) >= 11 is 0. The predicted molar refractivity (Wildman–Crippen MR) is 107 cm³/mol. The van der Waals surface area contributed by atoms with Crippen LogP contribution < -0.4 is 0 Å². The minimum atomic E-state index is -0.604. The van der Waals surface area contributed by atoms with Crippen molar-refractivity contribution in [2.45, 2.75) is 33.6 Å². The fourth-order valence-electron chi connectivity index (χ4n) is 3.67. The van der Waals surface area contributed by atoms with Crippen LogP contribution in [0.1, 0.15) is 72.6 Å². The van der Waals surface area contributed by atoms with Gasteiger partial charge in [-0.2, -0.15) is 0 Å². The van der Waals surface area contributed by atoms with Gasteiger partial charge in [-0.1, -0.05) is 12.1 Å². The van der Waals surface area contributed by atoms with Gasteiger partial charge in [0.2, 0.25) is 5.78 Å². The fraction of sp³-hybridized carbons (Fsp3) is 0.318. The number of hydrogen-bond donors (Lipinski definition) is 1. The summed E-state index contributed by atoms with van der Waals surface area (Å²) in [5.41, 5.74) is 2.55. The Morgan fingerprint density at radius 2 is 1.63 bits per heavy atom. The van der Waals surface area contributed by atoms with Crippen molar-refractivity contribution in [3.63, 3.8) is 0 Å². The molecule has 2 heterocycles. The normalized spacial score (nSPS) is 12.8. The van der Waals surface area contributed by atoms with Gasteiger partial charge in [0.1, 0.15) is 0 Å². The minimum absolute atomic E-state index is 0.0396. The molecule has 0 radical (unpaired) electrons. The highest BCUT2D eigenvalue weighted by Crippen LogP contribution is 2.23. The number of esters is 1. The Morgan fingerprint density at radius 1 is 1.03 bits per heavy atom. The molecule has 2 aromatic rings. The van der Waals surface area contributed by atoms with Crippen LogP contribution in [-0.4, -0.2) is 52.4 Å². The van der Waals surface area contributed by atoms with Crippen LogP contribution in [0.5, 0.6) is 0 Å². The molecule has 1 aromatic heterocycles. The van der Waals surface area contributed by atoms with Gasteiger partial charge < -0.3 is 9.72 Å². The van der Waals surface area contributed by atoms with E-state index in [0.717, 1.165) is 4.90 Å². The molecule has 0 saturated heterocycles. The van der Waals surface area contributed by atoms with Crippen LogP contribution in [0.4, 0.5) is 0 Å². The first-order chi connectivity index (χ1) is 14.2. The van der Waals surface area contributed by atoms with Gasteiger partial charge in [-0.15, -0.1) is 0 Å². The Kier molecular flexibility index (Phi) is 5.96. The van der Waals surface area contributed by atoms with E-state index in [0.29, 0.717) is 27.9 Å². The summed E-state index contributed by atoms with van der Waals surface area (Å²) in [6.07, 6.45) is 0.190. The SMILES string of the molecule is CC(=O)c1c(C)[nH]c(C(=O)COC(=O)CCCN2C(=O)c3ccccc3C2=O)c1C. The summed E-state index contributed by atoms with van der Waals surface area (Å²) in [4.78, 5) is 64.5. The zero-order chi connectivity index (χ0) is 22.0. The Morgan fingerprint density at radius 3 is 2.17 bits per heavy atom. The second-order valence-electron chi connectivity index (χ2n) is 7.18. The van der Waals surface area contributed by atoms with Crippen LogP contribution >= 0.6 is 0 Å². The van der Waals surface area contributed by atoms with E-state index in [1.165, 1.54) is 6.92 Å². The second kappa shape index (κ2) is 8.44. The largest absolute Gasteiger partial charge is 0.457 e. The van der Waals surface area contributed by atoms with Gasteiger partial charge in [-0.25, -0.2) is 0 Å². The van der Waals surface area contributed by atoms with Gasteiger partial charge in [0.15, 0.2) is 12.4 Å². The van der Waals surface area contributed by atoms with E-state index < -0.39 is 18.4 Å². The Labute approximate surface area is 173 Å². The number of aromatic amines is 1. The number of aryl methyl sites for hydroxylation is 1. The average molecular weight is 410 g/mol. The highest BCUT2D eigenvalue weighted by Gasteiger charge is 2.34. The van der Waals surface area contributed by atoms with Crippen molar-refractivity contribution in [2.75, 3.05) is 13.2 Å². The lowest BCUT2D eigenvalue weighted by Crippen LogP contribution is -2.31. The third-order valence-corrected chi connectivity index (χ3v) is 5.07. The molecule has 0 unspecified atom stereocenters. The lowest BCUT2D eigenvalue weighted by molar-refractivity contribution is -0.142. The monoisotopic (exact) mass is 410 g/mol. The standard InChI is InChI=1S/C22H22N2O6/c1-12-19(14(3)25)13(2)23-20(12)17(26)11-30-18(27)9-6-10-24-21(28)15-7-4-5-8-16(15)22(24)29/h4-5,7-8,23H,6,9-11H2,1-3H3. The van der Waals surface area contributed by atoms with E-state index in [-0.39, 0.29) is 42.7 Å². The van der Waals surface area contributed by atoms with E-state index in [2.05, 4.69) is 4.98 Å². The number of amides is 2. The van der Waals surface area contributed by atoms with Crippen molar-refractivity contribution in [1.29, 1.82) is 0 Å². The zero-order valence-electron chi connectivity index (χ0n) is 17.0. The van der Waals surface area contributed by atoms with E-state index in [1.807, 2.05) is 0 Å². The van der Waals surface area contributed by atoms with Crippen LogP contribution in [0.15, 0.2) is 24.3 Å². The quantitative estimate of drug-likeness (QED) is 0.407. The van der Waals surface area contributed by atoms with Gasteiger partial charge in [0.25, 0.3) is 11.8 Å². The molecular formula is C22H22N2O6. The number of aromatic nitrogens is 1. The van der Waals surface area contributed by atoms with Crippen LogP contribution in [0.25, 0.3) is 0 Å². The third kappa shape index (κ3) is 3.94. The molecule has 8 heteroatoms. The molecule has 0 atom stereocenters. The van der Waals surface area contributed by atoms with Gasteiger partial charge in [-0.3, -0.25) is 28.9 Å². The number of ketones is 2. The molecule has 1 aromatic carbocycles. The van der Waals surface area contributed by atoms with E-state index in [4.69, 9.17) is 4.74 Å². The Balaban J connectivity index is 1.49. The maximum Gasteiger partial charge on any atom is 0.306 e. The number of imide groups is 1. The molecule has 30 heavy (non-hydrogen) atoms. The number of hydrogen-bond acceptors (Lipinski definition) is 6. The van der Waals surface area contributed by atoms with Crippen molar-refractivity contribution in [3.8, 4) is 0 Å². The third-order valence-electron chi connectivity index (χ3n) is 5.07. The van der Waals surface area contributed by atoms with Crippen molar-refractivity contribution < 1.29 is 28.7 Å². The predicted octanol–water partition coefficient (Wildman–Crippen LogP) is 2.64. The Bertz CT molecular complexity index is 1030. The van der Waals surface area contributed by atoms with E-state index in [9.17, 15) is 24.0 Å². The average Bonchev–Trinajstić information content (AvgIpc) is 3.14. The molecule has 0 bridgehead atoms. The van der Waals surface area contributed by atoms with E-state index in [1.54, 1.807) is 38.1 Å². The maximum absolute atomic E-state index is 12.3. The molecular weight excluding hydrogens is 388 g/mol. The lowest BCUT2D eigenvalue weighted by atomic mass is 10.1. The molecule has 8 nitrogen and oxygen atoms in total. The van der Waals surface area contributed by atoms with Crippen molar-refractivity contribution in [2.24, 2.45) is 0 Å². The molecule has 0 fully saturated rings. The molecule has 0 spiro atoms. The van der Waals surface area contributed by atoms with Gasteiger partial charge in [-0.05, 0) is 44.9 Å². The molecule has 0 saturated carbocycles. The number of rotatable bonds is 8. The highest BCUT2D eigenvalue weighted by atomic mass is 16.5. The topological polar surface area (TPSA) is 114 Å². The number of ether oxygens (including phenoxy) is 1. The first kappa shape index (κ1) is 21.2. The number of fused-ring (bicyclic) bond motifs is 1. The minimum Gasteiger partial charge on any atom is -0.457 e. The van der Waals surface area contributed by atoms with Crippen molar-refractivity contribution >= 4 is 29.4 Å². The fourth-order valence-corrected chi connectivity index (χ4v) is 3.67. The summed E-state index contributed by atoms with van der Waals surface area (Å²) in [6, 6.07) is 6.57. The van der Waals surface area contributed by atoms with Crippen molar-refractivity contribution in [3.05, 3.63) is 57.9 Å². The summed E-state index contributed by atoms with van der Waals surface area (Å²) in [7, 11) is 0. The lowest BCUT2D eigenvalue weighted by Gasteiger charge is -2.13. The number of Topliss-reactive ketones (excluding diaryl/α,β-unsaturated/α-hetero) is 2. The molecule has 1 N–H and O–H groups in total. The number of nitrogens with zero attached hydrogens (tertiary/aromatic N) is 1. The van der Waals surface area contributed by atoms with Gasteiger partial charge >= 0.3 is 5.97 Å². The summed E-state index contributed by atoms with van der Waals surface area (Å²) in [6.45, 7) is 4.42. The number of carbonyl (C=O) groups excluding carboxylic acids is 5. The number of H-pyrrole nitrogens is 1. The van der Waals surface area contributed by atoms with Crippen LogP contribution in [0.2, 0.25) is 0 Å². The highest BCUT2D eigenvalue weighted by molar-refractivity contribution is 6.21. The number of carbonyl (C=O) groups is 5. The molecule has 156 valence electrons.